The van der Waals surface area contributed by atoms with Crippen LogP contribution < -0.4 is 5.32 Å². The molecule has 0 unspecified atom stereocenters. The molecule has 0 bridgehead atoms. The Hall–Kier alpha value is -3.11. The first-order chi connectivity index (χ1) is 14.1. The summed E-state index contributed by atoms with van der Waals surface area (Å²) in [6.07, 6.45) is 0.350. The second-order valence-electron chi connectivity index (χ2n) is 7.12. The Labute approximate surface area is 175 Å². The number of benzene rings is 3. The van der Waals surface area contributed by atoms with E-state index in [0.29, 0.717) is 18.0 Å². The number of halogens is 1. The van der Waals surface area contributed by atoms with Crippen LogP contribution >= 0.6 is 11.6 Å². The maximum Gasteiger partial charge on any atom is 0.224 e. The fraction of sp³-hybridized carbons (Fsp3) is 0.167. The molecule has 0 aliphatic rings. The topological polar surface area (TPSA) is 46.9 Å². The van der Waals surface area contributed by atoms with Gasteiger partial charge < -0.3 is 9.88 Å². The predicted octanol–water partition coefficient (Wildman–Crippen LogP) is 5.16. The van der Waals surface area contributed by atoms with Crippen molar-refractivity contribution in [3.63, 3.8) is 0 Å². The molecule has 1 amide bonds. The number of amides is 1. The lowest BCUT2D eigenvalue weighted by Gasteiger charge is -2.17. The van der Waals surface area contributed by atoms with Gasteiger partial charge in [0, 0.05) is 11.6 Å². The highest BCUT2D eigenvalue weighted by Crippen LogP contribution is 2.23. The first kappa shape index (κ1) is 19.2. The third kappa shape index (κ3) is 4.49. The van der Waals surface area contributed by atoms with E-state index in [1.165, 1.54) is 0 Å². The van der Waals surface area contributed by atoms with E-state index >= 15 is 0 Å². The van der Waals surface area contributed by atoms with Crippen LogP contribution in [0.2, 0.25) is 5.02 Å². The van der Waals surface area contributed by atoms with E-state index in [2.05, 4.69) is 16.0 Å². The molecule has 0 aliphatic carbocycles. The van der Waals surface area contributed by atoms with Crippen LogP contribution in [0.1, 0.15) is 29.9 Å². The number of hydrogen-bond donors (Lipinski definition) is 1. The Morgan fingerprint density at radius 1 is 0.966 bits per heavy atom. The molecular weight excluding hydrogens is 382 g/mol. The zero-order chi connectivity index (χ0) is 20.2. The number of carbonyl (C=O) groups excluding carboxylic acids is 1. The molecule has 0 saturated heterocycles. The van der Waals surface area contributed by atoms with Crippen molar-refractivity contribution in [1.29, 1.82) is 0 Å². The van der Waals surface area contributed by atoms with Gasteiger partial charge in [-0.1, -0.05) is 66.2 Å². The fourth-order valence-corrected chi connectivity index (χ4v) is 3.63. The van der Waals surface area contributed by atoms with Crippen LogP contribution in [0, 0.1) is 0 Å². The molecule has 0 aliphatic heterocycles. The first-order valence-corrected chi connectivity index (χ1v) is 10.0. The maximum atomic E-state index is 12.6. The van der Waals surface area contributed by atoms with Gasteiger partial charge in [0.05, 0.1) is 23.5 Å². The largest absolute Gasteiger partial charge is 0.346 e. The van der Waals surface area contributed by atoms with E-state index in [4.69, 9.17) is 16.6 Å². The zero-order valence-electron chi connectivity index (χ0n) is 16.2. The third-order valence-electron chi connectivity index (χ3n) is 4.91. The van der Waals surface area contributed by atoms with Crippen molar-refractivity contribution in [1.82, 2.24) is 14.9 Å². The summed E-state index contributed by atoms with van der Waals surface area (Å²) >= 11 is 6.03. The molecular formula is C24H22ClN3O. The highest BCUT2D eigenvalue weighted by molar-refractivity contribution is 6.30. The molecule has 4 rings (SSSR count). The Kier molecular flexibility index (Phi) is 5.63. The van der Waals surface area contributed by atoms with Crippen molar-refractivity contribution in [3.8, 4) is 0 Å². The normalized spacial score (nSPS) is 12.1. The van der Waals surface area contributed by atoms with Crippen LogP contribution in [0.3, 0.4) is 0 Å². The van der Waals surface area contributed by atoms with Crippen molar-refractivity contribution in [2.24, 2.45) is 0 Å². The molecule has 0 radical (unpaired) electrons. The minimum absolute atomic E-state index is 0.0196. The van der Waals surface area contributed by atoms with Gasteiger partial charge in [-0.3, -0.25) is 4.79 Å². The smallest absolute Gasteiger partial charge is 0.224 e. The Morgan fingerprint density at radius 3 is 2.41 bits per heavy atom. The van der Waals surface area contributed by atoms with Crippen LogP contribution in [-0.4, -0.2) is 15.5 Å². The molecule has 5 heteroatoms. The van der Waals surface area contributed by atoms with E-state index in [9.17, 15) is 4.79 Å². The highest BCUT2D eigenvalue weighted by Gasteiger charge is 2.18. The van der Waals surface area contributed by atoms with Gasteiger partial charge in [-0.2, -0.15) is 0 Å². The van der Waals surface area contributed by atoms with Gasteiger partial charge in [-0.25, -0.2) is 4.98 Å². The summed E-state index contributed by atoms with van der Waals surface area (Å²) < 4.78 is 2.16. The molecule has 0 fully saturated rings. The summed E-state index contributed by atoms with van der Waals surface area (Å²) in [4.78, 5) is 17.4. The average Bonchev–Trinajstić information content (AvgIpc) is 3.09. The lowest BCUT2D eigenvalue weighted by Crippen LogP contribution is -2.30. The van der Waals surface area contributed by atoms with Crippen molar-refractivity contribution >= 4 is 28.5 Å². The number of imidazole rings is 1. The predicted molar refractivity (Wildman–Crippen MR) is 117 cm³/mol. The zero-order valence-corrected chi connectivity index (χ0v) is 16.9. The number of nitrogens with one attached hydrogen (secondary N) is 1. The quantitative estimate of drug-likeness (QED) is 0.483. The van der Waals surface area contributed by atoms with E-state index in [0.717, 1.165) is 28.0 Å². The van der Waals surface area contributed by atoms with Crippen molar-refractivity contribution in [2.45, 2.75) is 25.9 Å². The van der Waals surface area contributed by atoms with Crippen molar-refractivity contribution in [2.75, 3.05) is 0 Å². The van der Waals surface area contributed by atoms with E-state index in [1.807, 2.05) is 79.7 Å². The molecule has 4 nitrogen and oxygen atoms in total. The molecule has 3 aromatic carbocycles. The van der Waals surface area contributed by atoms with Crippen LogP contribution in [-0.2, 0) is 17.8 Å². The lowest BCUT2D eigenvalue weighted by molar-refractivity contribution is -0.121. The molecule has 1 aromatic heterocycles. The van der Waals surface area contributed by atoms with Crippen molar-refractivity contribution in [3.05, 3.63) is 101 Å². The van der Waals surface area contributed by atoms with Gasteiger partial charge in [-0.15, -0.1) is 0 Å². The second kappa shape index (κ2) is 8.50. The number of carbonyl (C=O) groups is 1. The standard InChI is InChI=1S/C24H22ClN3O/c1-17(26-23(29)15-18-7-3-2-4-8-18)24-27-21-9-5-6-10-22(21)28(24)16-19-11-13-20(25)14-12-19/h2-14,17H,15-16H2,1H3,(H,26,29)/t17-/m1/s1. The van der Waals surface area contributed by atoms with Gasteiger partial charge >= 0.3 is 0 Å². The summed E-state index contributed by atoms with van der Waals surface area (Å²) in [6.45, 7) is 2.63. The van der Waals surface area contributed by atoms with E-state index in [1.54, 1.807) is 0 Å². The lowest BCUT2D eigenvalue weighted by atomic mass is 10.1. The molecule has 1 atom stereocenters. The molecule has 1 N–H and O–H groups in total. The van der Waals surface area contributed by atoms with Crippen LogP contribution in [0.25, 0.3) is 11.0 Å². The maximum absolute atomic E-state index is 12.6. The molecule has 0 saturated carbocycles. The summed E-state index contributed by atoms with van der Waals surface area (Å²) in [5.41, 5.74) is 4.08. The van der Waals surface area contributed by atoms with Gasteiger partial charge in [-0.05, 0) is 42.3 Å². The summed E-state index contributed by atoms with van der Waals surface area (Å²) in [5, 5.41) is 3.81. The number of aromatic nitrogens is 2. The highest BCUT2D eigenvalue weighted by atomic mass is 35.5. The summed E-state index contributed by atoms with van der Waals surface area (Å²) in [7, 11) is 0. The van der Waals surface area contributed by atoms with Gasteiger partial charge in [0.2, 0.25) is 5.91 Å². The molecule has 29 heavy (non-hydrogen) atoms. The summed E-state index contributed by atoms with van der Waals surface area (Å²) in [5.74, 6) is 0.816. The van der Waals surface area contributed by atoms with Crippen molar-refractivity contribution < 1.29 is 4.79 Å². The number of rotatable bonds is 6. The average molecular weight is 404 g/mol. The van der Waals surface area contributed by atoms with E-state index in [-0.39, 0.29) is 11.9 Å². The molecule has 1 heterocycles. The molecule has 146 valence electrons. The Morgan fingerprint density at radius 2 is 1.66 bits per heavy atom. The van der Waals surface area contributed by atoms with Gasteiger partial charge in [0.1, 0.15) is 5.82 Å². The van der Waals surface area contributed by atoms with Crippen LogP contribution in [0.5, 0.6) is 0 Å². The van der Waals surface area contributed by atoms with E-state index < -0.39 is 0 Å². The SMILES string of the molecule is C[C@@H](NC(=O)Cc1ccccc1)c1nc2ccccc2n1Cc1ccc(Cl)cc1. The van der Waals surface area contributed by atoms with Gasteiger partial charge in [0.15, 0.2) is 0 Å². The minimum Gasteiger partial charge on any atom is -0.346 e. The first-order valence-electron chi connectivity index (χ1n) is 9.63. The fourth-order valence-electron chi connectivity index (χ4n) is 3.50. The second-order valence-corrected chi connectivity index (χ2v) is 7.56. The number of para-hydroxylation sites is 2. The summed E-state index contributed by atoms with van der Waals surface area (Å²) in [6, 6.07) is 25.4. The molecule has 0 spiro atoms. The number of fused-ring (bicyclic) bond motifs is 1. The number of nitrogens with zero attached hydrogens (tertiary/aromatic N) is 2. The molecule has 4 aromatic rings. The monoisotopic (exact) mass is 403 g/mol. The number of hydrogen-bond acceptors (Lipinski definition) is 2. The van der Waals surface area contributed by atoms with Crippen LogP contribution in [0.4, 0.5) is 0 Å². The third-order valence-corrected chi connectivity index (χ3v) is 5.16. The van der Waals surface area contributed by atoms with Crippen LogP contribution in [0.15, 0.2) is 78.9 Å². The van der Waals surface area contributed by atoms with Gasteiger partial charge in [0.25, 0.3) is 0 Å². The Bertz CT molecular complexity index is 1120. The Balaban J connectivity index is 1.60. The minimum atomic E-state index is -0.217.